The second-order valence-electron chi connectivity index (χ2n) is 11.6. The summed E-state index contributed by atoms with van der Waals surface area (Å²) >= 11 is 0. The molecule has 0 spiro atoms. The highest BCUT2D eigenvalue weighted by Gasteiger charge is 2.33. The Labute approximate surface area is 252 Å². The third-order valence-corrected chi connectivity index (χ3v) is 8.43. The maximum absolute atomic E-state index is 13.3. The predicted molar refractivity (Wildman–Crippen MR) is 162 cm³/mol. The maximum Gasteiger partial charge on any atom is 0.239 e. The van der Waals surface area contributed by atoms with E-state index in [0.717, 1.165) is 28.1 Å². The van der Waals surface area contributed by atoms with Crippen molar-refractivity contribution in [2.24, 2.45) is 7.05 Å². The van der Waals surface area contributed by atoms with Crippen molar-refractivity contribution < 1.29 is 23.9 Å². The number of fused-ring (bicyclic) bond motifs is 5. The lowest BCUT2D eigenvalue weighted by Crippen LogP contribution is -2.58. The molecular formula is C33H41N5O5. The van der Waals surface area contributed by atoms with E-state index in [0.29, 0.717) is 56.9 Å². The topological polar surface area (TPSA) is 106 Å². The van der Waals surface area contributed by atoms with Crippen molar-refractivity contribution in [1.82, 2.24) is 24.9 Å². The summed E-state index contributed by atoms with van der Waals surface area (Å²) in [5.74, 6) is 1.03. The molecule has 10 heteroatoms. The van der Waals surface area contributed by atoms with Crippen molar-refractivity contribution in [3.05, 3.63) is 76.6 Å². The monoisotopic (exact) mass is 587 g/mol. The lowest BCUT2D eigenvalue weighted by atomic mass is 10.00. The van der Waals surface area contributed by atoms with Crippen LogP contribution in [0.3, 0.4) is 0 Å². The van der Waals surface area contributed by atoms with E-state index in [9.17, 15) is 14.4 Å². The van der Waals surface area contributed by atoms with E-state index in [1.807, 2.05) is 79.0 Å². The highest BCUT2D eigenvalue weighted by molar-refractivity contribution is 5.85. The van der Waals surface area contributed by atoms with Crippen molar-refractivity contribution >= 4 is 17.7 Å². The summed E-state index contributed by atoms with van der Waals surface area (Å²) in [7, 11) is 3.55. The Bertz CT molecular complexity index is 1480. The van der Waals surface area contributed by atoms with Crippen LogP contribution in [0.25, 0.3) is 0 Å². The van der Waals surface area contributed by atoms with Gasteiger partial charge in [0.15, 0.2) is 0 Å². The lowest BCUT2D eigenvalue weighted by molar-refractivity contribution is -0.138. The quantitative estimate of drug-likeness (QED) is 0.503. The Morgan fingerprint density at radius 3 is 2.47 bits per heavy atom. The smallest absolute Gasteiger partial charge is 0.239 e. The van der Waals surface area contributed by atoms with Crippen molar-refractivity contribution in [2.45, 2.75) is 64.7 Å². The van der Waals surface area contributed by atoms with Gasteiger partial charge in [0.25, 0.3) is 0 Å². The minimum absolute atomic E-state index is 0.0372. The van der Waals surface area contributed by atoms with Crippen molar-refractivity contribution in [3.8, 4) is 11.5 Å². The standard InChI is InChI=1S/C33H41N5O5/c1-22-28(23(2)37(4)35-22)12-14-33(41)38-16-15-30-29(19-38)34-31(39)20-36(3)32(40)13-11-24-7-5-9-26(17-24)43-27-10-6-8-25(18-27)21-42-30/h5-10,17-18,29-30H,11-16,19-21H2,1-4H3,(H,34,39)/t29-,30+/m0/s1. The van der Waals surface area contributed by atoms with Gasteiger partial charge >= 0.3 is 0 Å². The fourth-order valence-electron chi connectivity index (χ4n) is 5.87. The van der Waals surface area contributed by atoms with Crippen LogP contribution in [0.2, 0.25) is 0 Å². The molecule has 10 nitrogen and oxygen atoms in total. The molecule has 3 aromatic rings. The van der Waals surface area contributed by atoms with E-state index in [1.165, 1.54) is 4.90 Å². The second-order valence-corrected chi connectivity index (χ2v) is 11.6. The molecule has 228 valence electrons. The van der Waals surface area contributed by atoms with E-state index < -0.39 is 6.04 Å². The molecule has 3 heterocycles. The van der Waals surface area contributed by atoms with Crippen LogP contribution >= 0.6 is 0 Å². The number of hydrogen-bond donors (Lipinski definition) is 1. The lowest BCUT2D eigenvalue weighted by Gasteiger charge is -2.39. The largest absolute Gasteiger partial charge is 0.457 e. The average Bonchev–Trinajstić information content (AvgIpc) is 3.23. The van der Waals surface area contributed by atoms with E-state index in [-0.39, 0.29) is 36.8 Å². The molecule has 2 aliphatic heterocycles. The minimum atomic E-state index is -0.409. The molecule has 5 rings (SSSR count). The number of aromatic nitrogens is 2. The van der Waals surface area contributed by atoms with Crippen LogP contribution in [0.15, 0.2) is 48.5 Å². The highest BCUT2D eigenvalue weighted by Crippen LogP contribution is 2.25. The molecule has 1 fully saturated rings. The van der Waals surface area contributed by atoms with Gasteiger partial charge in [0.05, 0.1) is 31.0 Å². The molecule has 0 aliphatic carbocycles. The van der Waals surface area contributed by atoms with E-state index >= 15 is 0 Å². The molecule has 0 saturated carbocycles. The number of carbonyl (C=O) groups excluding carboxylic acids is 3. The number of hydrogen-bond acceptors (Lipinski definition) is 6. The van der Waals surface area contributed by atoms with Crippen LogP contribution in [0.4, 0.5) is 0 Å². The number of likely N-dealkylation sites (N-methyl/N-ethyl adjacent to an activating group) is 1. The molecule has 2 aromatic carbocycles. The van der Waals surface area contributed by atoms with E-state index in [4.69, 9.17) is 9.47 Å². The molecule has 1 saturated heterocycles. The molecule has 2 aliphatic rings. The SMILES string of the molecule is Cc1nn(C)c(C)c1CCC(=O)N1CC[C@H]2OCc3cccc(c3)Oc3cccc(c3)CCC(=O)N(C)CC(=O)N[C@H]2C1. The number of piperidine rings is 1. The molecular weight excluding hydrogens is 546 g/mol. The van der Waals surface area contributed by atoms with Gasteiger partial charge in [-0.25, -0.2) is 0 Å². The number of aryl methyl sites for hydroxylation is 3. The molecule has 1 N–H and O–H groups in total. The van der Waals surface area contributed by atoms with Gasteiger partial charge in [0.1, 0.15) is 11.5 Å². The summed E-state index contributed by atoms with van der Waals surface area (Å²) in [5, 5.41) is 7.54. The Kier molecular flexibility index (Phi) is 9.45. The number of benzene rings is 2. The van der Waals surface area contributed by atoms with Crippen LogP contribution in [-0.2, 0) is 45.6 Å². The van der Waals surface area contributed by atoms with Crippen molar-refractivity contribution in [2.75, 3.05) is 26.7 Å². The number of rotatable bonds is 3. The zero-order valence-corrected chi connectivity index (χ0v) is 25.5. The number of carbonyl (C=O) groups is 3. The Morgan fingerprint density at radius 1 is 1.02 bits per heavy atom. The fourth-order valence-corrected chi connectivity index (χ4v) is 5.87. The molecule has 0 radical (unpaired) electrons. The van der Waals surface area contributed by atoms with Crippen LogP contribution in [-0.4, -0.2) is 76.1 Å². The minimum Gasteiger partial charge on any atom is -0.457 e. The molecule has 2 atom stereocenters. The number of nitrogens with zero attached hydrogens (tertiary/aromatic N) is 4. The first kappa shape index (κ1) is 30.3. The zero-order valence-electron chi connectivity index (χ0n) is 25.5. The first-order valence-corrected chi connectivity index (χ1v) is 14.9. The van der Waals surface area contributed by atoms with Gasteiger partial charge in [-0.3, -0.25) is 19.1 Å². The second kappa shape index (κ2) is 13.4. The van der Waals surface area contributed by atoms with Gasteiger partial charge in [-0.1, -0.05) is 24.3 Å². The molecule has 3 amide bonds. The summed E-state index contributed by atoms with van der Waals surface area (Å²) in [6.45, 7) is 5.13. The summed E-state index contributed by atoms with van der Waals surface area (Å²) in [4.78, 5) is 42.6. The van der Waals surface area contributed by atoms with Gasteiger partial charge in [-0.15, -0.1) is 0 Å². The first-order chi connectivity index (χ1) is 20.7. The van der Waals surface area contributed by atoms with Gasteiger partial charge < -0.3 is 24.6 Å². The maximum atomic E-state index is 13.3. The number of likely N-dealkylation sites (tertiary alicyclic amines) is 1. The Balaban J connectivity index is 1.31. The van der Waals surface area contributed by atoms with E-state index in [1.54, 1.807) is 7.05 Å². The molecule has 0 unspecified atom stereocenters. The van der Waals surface area contributed by atoms with Crippen LogP contribution in [0, 0.1) is 13.8 Å². The molecule has 1 aromatic heterocycles. The summed E-state index contributed by atoms with van der Waals surface area (Å²) in [5.41, 5.74) is 5.04. The van der Waals surface area contributed by atoms with Crippen molar-refractivity contribution in [3.63, 3.8) is 0 Å². The molecule has 4 bridgehead atoms. The predicted octanol–water partition coefficient (Wildman–Crippen LogP) is 3.47. The van der Waals surface area contributed by atoms with Crippen molar-refractivity contribution in [1.29, 1.82) is 0 Å². The number of nitrogens with one attached hydrogen (secondary N) is 1. The Morgan fingerprint density at radius 2 is 1.74 bits per heavy atom. The van der Waals surface area contributed by atoms with Crippen LogP contribution < -0.4 is 10.1 Å². The third-order valence-electron chi connectivity index (χ3n) is 8.43. The third kappa shape index (κ3) is 7.62. The zero-order chi connectivity index (χ0) is 30.5. The van der Waals surface area contributed by atoms with E-state index in [2.05, 4.69) is 10.4 Å². The molecule has 43 heavy (non-hydrogen) atoms. The van der Waals surface area contributed by atoms with Crippen LogP contribution in [0.1, 0.15) is 47.3 Å². The van der Waals surface area contributed by atoms with Crippen LogP contribution in [0.5, 0.6) is 11.5 Å². The van der Waals surface area contributed by atoms with Gasteiger partial charge in [-0.2, -0.15) is 5.10 Å². The van der Waals surface area contributed by atoms with Gasteiger partial charge in [0, 0.05) is 45.7 Å². The summed E-state index contributed by atoms with van der Waals surface area (Å²) < 4.78 is 14.3. The summed E-state index contributed by atoms with van der Waals surface area (Å²) in [6, 6.07) is 15.0. The highest BCUT2D eigenvalue weighted by atomic mass is 16.5. The van der Waals surface area contributed by atoms with Gasteiger partial charge in [0.2, 0.25) is 17.7 Å². The number of amides is 3. The fraction of sp³-hybridized carbons (Fsp3) is 0.455. The summed E-state index contributed by atoms with van der Waals surface area (Å²) in [6.07, 6.45) is 2.08. The average molecular weight is 588 g/mol. The van der Waals surface area contributed by atoms with Gasteiger partial charge in [-0.05, 0) is 74.1 Å². The Hall–Kier alpha value is -4.18. The normalized spacial score (nSPS) is 20.0. The number of ether oxygens (including phenoxy) is 2. The first-order valence-electron chi connectivity index (χ1n) is 14.9.